The van der Waals surface area contributed by atoms with Gasteiger partial charge in [-0.3, -0.25) is 9.80 Å². The fourth-order valence-corrected chi connectivity index (χ4v) is 3.08. The summed E-state index contributed by atoms with van der Waals surface area (Å²) < 4.78 is 0. The molecule has 2 aliphatic heterocycles. The lowest BCUT2D eigenvalue weighted by molar-refractivity contribution is 0.0269. The number of nitrogens with one attached hydrogen (secondary N) is 1. The molecule has 3 rings (SSSR count). The average Bonchev–Trinajstić information content (AvgIpc) is 2.32. The molecule has 0 saturated carbocycles. The van der Waals surface area contributed by atoms with Crippen LogP contribution in [0.4, 0.5) is 0 Å². The van der Waals surface area contributed by atoms with Crippen LogP contribution in [-0.2, 0) is 6.54 Å². The van der Waals surface area contributed by atoms with Crippen LogP contribution < -0.4 is 5.32 Å². The van der Waals surface area contributed by atoms with Crippen molar-refractivity contribution in [3.8, 4) is 0 Å². The minimum atomic E-state index is 0.689. The van der Waals surface area contributed by atoms with Gasteiger partial charge in [-0.1, -0.05) is 30.3 Å². The summed E-state index contributed by atoms with van der Waals surface area (Å²) in [5, 5.41) is 3.37. The molecular weight excluding hydrogens is 222 g/mol. The first-order valence-electron chi connectivity index (χ1n) is 7.05. The van der Waals surface area contributed by atoms with Gasteiger partial charge in [0.1, 0.15) is 0 Å². The van der Waals surface area contributed by atoms with Crippen LogP contribution in [0, 0.1) is 0 Å². The molecule has 0 radical (unpaired) electrons. The van der Waals surface area contributed by atoms with E-state index in [1.54, 1.807) is 0 Å². The standard InChI is InChI=1S/C15H23N3/c1-13-11-17(12-14-5-3-2-4-6-14)7-8-18(13)15-9-16-10-15/h2-6,13,15-16H,7-12H2,1H3. The Labute approximate surface area is 110 Å². The second kappa shape index (κ2) is 5.39. The molecular formula is C15H23N3. The summed E-state index contributed by atoms with van der Waals surface area (Å²) >= 11 is 0. The molecule has 2 heterocycles. The first kappa shape index (κ1) is 12.2. The normalized spacial score (nSPS) is 27.1. The minimum absolute atomic E-state index is 0.689. The highest BCUT2D eigenvalue weighted by Gasteiger charge is 2.32. The Morgan fingerprint density at radius 1 is 1.17 bits per heavy atom. The monoisotopic (exact) mass is 245 g/mol. The molecule has 2 saturated heterocycles. The van der Waals surface area contributed by atoms with E-state index in [-0.39, 0.29) is 0 Å². The summed E-state index contributed by atoms with van der Waals surface area (Å²) in [7, 11) is 0. The molecule has 3 heteroatoms. The van der Waals surface area contributed by atoms with Crippen LogP contribution in [0.15, 0.2) is 30.3 Å². The van der Waals surface area contributed by atoms with Crippen molar-refractivity contribution in [2.45, 2.75) is 25.6 Å². The Bertz CT molecular complexity index is 375. The van der Waals surface area contributed by atoms with E-state index in [9.17, 15) is 0 Å². The molecule has 2 fully saturated rings. The minimum Gasteiger partial charge on any atom is -0.314 e. The van der Waals surface area contributed by atoms with Gasteiger partial charge in [0, 0.05) is 51.4 Å². The van der Waals surface area contributed by atoms with Crippen LogP contribution in [0.3, 0.4) is 0 Å². The van der Waals surface area contributed by atoms with Gasteiger partial charge in [0.2, 0.25) is 0 Å². The van der Waals surface area contributed by atoms with Gasteiger partial charge in [-0.15, -0.1) is 0 Å². The number of nitrogens with zero attached hydrogens (tertiary/aromatic N) is 2. The van der Waals surface area contributed by atoms with Gasteiger partial charge in [0.25, 0.3) is 0 Å². The summed E-state index contributed by atoms with van der Waals surface area (Å²) in [4.78, 5) is 5.26. The van der Waals surface area contributed by atoms with E-state index in [0.29, 0.717) is 6.04 Å². The lowest BCUT2D eigenvalue weighted by Gasteiger charge is -2.47. The molecule has 98 valence electrons. The van der Waals surface area contributed by atoms with Gasteiger partial charge in [-0.2, -0.15) is 0 Å². The van der Waals surface area contributed by atoms with Crippen LogP contribution in [0.5, 0.6) is 0 Å². The Morgan fingerprint density at radius 3 is 2.56 bits per heavy atom. The van der Waals surface area contributed by atoms with E-state index in [1.165, 1.54) is 38.3 Å². The first-order chi connectivity index (χ1) is 8.83. The summed E-state index contributed by atoms with van der Waals surface area (Å²) in [6.45, 7) is 9.46. The van der Waals surface area contributed by atoms with Crippen molar-refractivity contribution in [2.24, 2.45) is 0 Å². The molecule has 1 atom stereocenters. The highest BCUT2D eigenvalue weighted by atomic mass is 15.3. The van der Waals surface area contributed by atoms with Crippen molar-refractivity contribution in [3.05, 3.63) is 35.9 Å². The van der Waals surface area contributed by atoms with Gasteiger partial charge >= 0.3 is 0 Å². The number of hydrogen-bond acceptors (Lipinski definition) is 3. The average molecular weight is 245 g/mol. The number of piperazine rings is 1. The predicted molar refractivity (Wildman–Crippen MR) is 74.5 cm³/mol. The smallest absolute Gasteiger partial charge is 0.0349 e. The summed E-state index contributed by atoms with van der Waals surface area (Å²) in [6.07, 6.45) is 0. The predicted octanol–water partition coefficient (Wildman–Crippen LogP) is 1.16. The van der Waals surface area contributed by atoms with Crippen LogP contribution in [-0.4, -0.2) is 54.6 Å². The van der Waals surface area contributed by atoms with Crippen molar-refractivity contribution in [3.63, 3.8) is 0 Å². The maximum atomic E-state index is 3.37. The summed E-state index contributed by atoms with van der Waals surface area (Å²) in [6, 6.07) is 12.3. The molecule has 0 aliphatic carbocycles. The SMILES string of the molecule is CC1CN(Cc2ccccc2)CCN1C1CNC1. The van der Waals surface area contributed by atoms with Crippen molar-refractivity contribution < 1.29 is 0 Å². The lowest BCUT2D eigenvalue weighted by atomic mass is 10.0. The third-order valence-electron chi connectivity index (χ3n) is 4.24. The zero-order valence-electron chi connectivity index (χ0n) is 11.2. The van der Waals surface area contributed by atoms with Crippen molar-refractivity contribution in [2.75, 3.05) is 32.7 Å². The summed E-state index contributed by atoms with van der Waals surface area (Å²) in [5.41, 5.74) is 1.43. The van der Waals surface area contributed by atoms with Crippen LogP contribution in [0.1, 0.15) is 12.5 Å². The maximum Gasteiger partial charge on any atom is 0.0349 e. The molecule has 0 aromatic heterocycles. The fourth-order valence-electron chi connectivity index (χ4n) is 3.08. The molecule has 0 spiro atoms. The zero-order valence-corrected chi connectivity index (χ0v) is 11.2. The number of rotatable bonds is 3. The molecule has 18 heavy (non-hydrogen) atoms. The van der Waals surface area contributed by atoms with Gasteiger partial charge in [-0.25, -0.2) is 0 Å². The molecule has 0 amide bonds. The Balaban J connectivity index is 1.54. The van der Waals surface area contributed by atoms with Crippen LogP contribution in [0.2, 0.25) is 0 Å². The van der Waals surface area contributed by atoms with Gasteiger partial charge < -0.3 is 5.32 Å². The van der Waals surface area contributed by atoms with E-state index >= 15 is 0 Å². The van der Waals surface area contributed by atoms with Crippen LogP contribution in [0.25, 0.3) is 0 Å². The number of hydrogen-bond donors (Lipinski definition) is 1. The van der Waals surface area contributed by atoms with Gasteiger partial charge in [-0.05, 0) is 12.5 Å². The largest absolute Gasteiger partial charge is 0.314 e. The van der Waals surface area contributed by atoms with Crippen molar-refractivity contribution in [1.29, 1.82) is 0 Å². The van der Waals surface area contributed by atoms with Crippen molar-refractivity contribution in [1.82, 2.24) is 15.1 Å². The Morgan fingerprint density at radius 2 is 1.94 bits per heavy atom. The van der Waals surface area contributed by atoms with E-state index in [4.69, 9.17) is 0 Å². The molecule has 1 aromatic rings. The van der Waals surface area contributed by atoms with E-state index < -0.39 is 0 Å². The van der Waals surface area contributed by atoms with Gasteiger partial charge in [0.15, 0.2) is 0 Å². The lowest BCUT2D eigenvalue weighted by Crippen LogP contribution is -2.64. The van der Waals surface area contributed by atoms with Gasteiger partial charge in [0.05, 0.1) is 0 Å². The van der Waals surface area contributed by atoms with E-state index in [1.807, 2.05) is 0 Å². The molecule has 1 aromatic carbocycles. The number of benzene rings is 1. The highest BCUT2D eigenvalue weighted by Crippen LogP contribution is 2.17. The molecule has 3 nitrogen and oxygen atoms in total. The third kappa shape index (κ3) is 2.58. The van der Waals surface area contributed by atoms with Crippen LogP contribution >= 0.6 is 0 Å². The Kier molecular flexibility index (Phi) is 3.64. The van der Waals surface area contributed by atoms with E-state index in [0.717, 1.165) is 12.6 Å². The fraction of sp³-hybridized carbons (Fsp3) is 0.600. The highest BCUT2D eigenvalue weighted by molar-refractivity contribution is 5.14. The molecule has 0 bridgehead atoms. The third-order valence-corrected chi connectivity index (χ3v) is 4.24. The van der Waals surface area contributed by atoms with E-state index in [2.05, 4.69) is 52.4 Å². The Hall–Kier alpha value is -0.900. The molecule has 1 N–H and O–H groups in total. The first-order valence-corrected chi connectivity index (χ1v) is 7.05. The quantitative estimate of drug-likeness (QED) is 0.862. The molecule has 1 unspecified atom stereocenters. The topological polar surface area (TPSA) is 18.5 Å². The molecule has 2 aliphatic rings. The second-order valence-electron chi connectivity index (χ2n) is 5.62. The van der Waals surface area contributed by atoms with Crippen molar-refractivity contribution >= 4 is 0 Å². The zero-order chi connectivity index (χ0) is 12.4. The summed E-state index contributed by atoms with van der Waals surface area (Å²) in [5.74, 6) is 0. The maximum absolute atomic E-state index is 3.37. The second-order valence-corrected chi connectivity index (χ2v) is 5.62.